The number of nitrogens with one attached hydrogen (secondary N) is 1. The molecule has 0 rings (SSSR count). The minimum Gasteiger partial charge on any atom is -0.466 e. The standard InChI is InChI=1S/C52H103NO5/c1-3-5-7-9-11-13-15-17-19-21-24-28-32-36-40-44-50(55)49(48-54)53-51(56)45-41-37-33-29-25-23-27-31-35-39-43-47-58-52(57)46-42-38-34-30-26-22-20-18-16-14-12-10-8-6-4-2/h49-50,54-55H,3-48H2,1-2H3,(H,53,56). The minimum atomic E-state index is -0.674. The maximum Gasteiger partial charge on any atom is 0.305 e. The molecule has 0 heterocycles. The molecular weight excluding hydrogens is 719 g/mol. The lowest BCUT2D eigenvalue weighted by molar-refractivity contribution is -0.143. The van der Waals surface area contributed by atoms with Crippen LogP contribution in [-0.4, -0.2) is 47.4 Å². The molecule has 0 radical (unpaired) electrons. The third kappa shape index (κ3) is 44.4. The van der Waals surface area contributed by atoms with Crippen LogP contribution in [0.1, 0.15) is 296 Å². The molecule has 0 aliphatic heterocycles. The Labute approximate surface area is 362 Å². The Hall–Kier alpha value is -1.14. The van der Waals surface area contributed by atoms with Crippen LogP contribution in [0.25, 0.3) is 0 Å². The zero-order valence-electron chi connectivity index (χ0n) is 39.3. The smallest absolute Gasteiger partial charge is 0.305 e. The van der Waals surface area contributed by atoms with Crippen molar-refractivity contribution in [3.8, 4) is 0 Å². The van der Waals surface area contributed by atoms with Gasteiger partial charge in [-0.1, -0.05) is 258 Å². The highest BCUT2D eigenvalue weighted by molar-refractivity contribution is 5.76. The second-order valence-electron chi connectivity index (χ2n) is 18.2. The van der Waals surface area contributed by atoms with E-state index in [1.54, 1.807) is 0 Å². The Morgan fingerprint density at radius 2 is 0.707 bits per heavy atom. The third-order valence-electron chi connectivity index (χ3n) is 12.4. The molecule has 0 saturated carbocycles. The second kappa shape index (κ2) is 48.5. The summed E-state index contributed by atoms with van der Waals surface area (Å²) in [7, 11) is 0. The molecule has 3 N–H and O–H groups in total. The van der Waals surface area contributed by atoms with Crippen molar-refractivity contribution in [2.75, 3.05) is 13.2 Å². The number of aliphatic hydroxyl groups is 2. The molecule has 0 spiro atoms. The average molecular weight is 822 g/mol. The Morgan fingerprint density at radius 3 is 1.05 bits per heavy atom. The normalized spacial score (nSPS) is 12.6. The molecule has 6 heteroatoms. The predicted molar refractivity (Wildman–Crippen MR) is 250 cm³/mol. The lowest BCUT2D eigenvalue weighted by Gasteiger charge is -2.22. The van der Waals surface area contributed by atoms with E-state index in [9.17, 15) is 19.8 Å². The Bertz CT molecular complexity index is 822. The van der Waals surface area contributed by atoms with E-state index < -0.39 is 12.1 Å². The molecule has 0 aromatic heterocycles. The van der Waals surface area contributed by atoms with Crippen molar-refractivity contribution < 1.29 is 24.5 Å². The number of carbonyl (C=O) groups excluding carboxylic acids is 2. The quantitative estimate of drug-likeness (QED) is 0.0420. The van der Waals surface area contributed by atoms with Crippen LogP contribution in [0.3, 0.4) is 0 Å². The number of esters is 1. The van der Waals surface area contributed by atoms with Gasteiger partial charge < -0.3 is 20.3 Å². The highest BCUT2D eigenvalue weighted by Gasteiger charge is 2.20. The number of hydrogen-bond acceptors (Lipinski definition) is 5. The van der Waals surface area contributed by atoms with Crippen LogP contribution in [0.2, 0.25) is 0 Å². The van der Waals surface area contributed by atoms with Crippen molar-refractivity contribution in [1.82, 2.24) is 5.32 Å². The van der Waals surface area contributed by atoms with Crippen molar-refractivity contribution in [3.05, 3.63) is 0 Å². The maximum absolute atomic E-state index is 12.4. The molecule has 58 heavy (non-hydrogen) atoms. The molecule has 2 unspecified atom stereocenters. The first kappa shape index (κ1) is 56.9. The Kier molecular flexibility index (Phi) is 47.6. The second-order valence-corrected chi connectivity index (χ2v) is 18.2. The van der Waals surface area contributed by atoms with Crippen molar-refractivity contribution in [3.63, 3.8) is 0 Å². The summed E-state index contributed by atoms with van der Waals surface area (Å²) in [6.07, 6.45) is 53.5. The number of hydrogen-bond donors (Lipinski definition) is 3. The van der Waals surface area contributed by atoms with Crippen LogP contribution in [0.5, 0.6) is 0 Å². The van der Waals surface area contributed by atoms with Gasteiger partial charge in [0.2, 0.25) is 5.91 Å². The van der Waals surface area contributed by atoms with Crippen LogP contribution in [0.4, 0.5) is 0 Å². The van der Waals surface area contributed by atoms with Crippen molar-refractivity contribution in [1.29, 1.82) is 0 Å². The predicted octanol–water partition coefficient (Wildman–Crippen LogP) is 15.6. The first-order chi connectivity index (χ1) is 28.5. The van der Waals surface area contributed by atoms with Gasteiger partial charge in [0.05, 0.1) is 25.4 Å². The monoisotopic (exact) mass is 822 g/mol. The van der Waals surface area contributed by atoms with Gasteiger partial charge in [-0.2, -0.15) is 0 Å². The molecule has 0 aromatic carbocycles. The summed E-state index contributed by atoms with van der Waals surface area (Å²) in [6.45, 7) is 4.93. The molecule has 2 atom stereocenters. The van der Waals surface area contributed by atoms with Gasteiger partial charge in [-0.15, -0.1) is 0 Å². The van der Waals surface area contributed by atoms with Crippen LogP contribution >= 0.6 is 0 Å². The fourth-order valence-electron chi connectivity index (χ4n) is 8.35. The van der Waals surface area contributed by atoms with E-state index in [2.05, 4.69) is 19.2 Å². The highest BCUT2D eigenvalue weighted by atomic mass is 16.5. The molecule has 0 bridgehead atoms. The summed E-state index contributed by atoms with van der Waals surface area (Å²) in [6, 6.07) is -0.553. The van der Waals surface area contributed by atoms with Gasteiger partial charge in [-0.3, -0.25) is 9.59 Å². The van der Waals surface area contributed by atoms with E-state index in [0.717, 1.165) is 57.8 Å². The summed E-state index contributed by atoms with van der Waals surface area (Å²) >= 11 is 0. The fraction of sp³-hybridized carbons (Fsp3) is 0.962. The van der Waals surface area contributed by atoms with Gasteiger partial charge in [-0.05, 0) is 25.7 Å². The molecule has 346 valence electrons. The first-order valence-electron chi connectivity index (χ1n) is 26.3. The molecule has 0 fully saturated rings. The Morgan fingerprint density at radius 1 is 0.414 bits per heavy atom. The summed E-state index contributed by atoms with van der Waals surface area (Å²) < 4.78 is 5.46. The summed E-state index contributed by atoms with van der Waals surface area (Å²) in [5.41, 5.74) is 0. The zero-order chi connectivity index (χ0) is 42.3. The largest absolute Gasteiger partial charge is 0.466 e. The van der Waals surface area contributed by atoms with Crippen molar-refractivity contribution in [2.24, 2.45) is 0 Å². The van der Waals surface area contributed by atoms with E-state index in [1.807, 2.05) is 0 Å². The molecule has 6 nitrogen and oxygen atoms in total. The topological polar surface area (TPSA) is 95.9 Å². The number of carbonyl (C=O) groups is 2. The van der Waals surface area contributed by atoms with E-state index in [4.69, 9.17) is 4.74 Å². The van der Waals surface area contributed by atoms with Gasteiger partial charge in [0.25, 0.3) is 0 Å². The number of aliphatic hydroxyl groups excluding tert-OH is 2. The molecule has 0 saturated heterocycles. The van der Waals surface area contributed by atoms with Gasteiger partial charge in [0.15, 0.2) is 0 Å². The van der Waals surface area contributed by atoms with Crippen LogP contribution in [0, 0.1) is 0 Å². The van der Waals surface area contributed by atoms with Gasteiger partial charge >= 0.3 is 5.97 Å². The number of ether oxygens (including phenoxy) is 1. The Balaban J connectivity index is 3.44. The zero-order valence-corrected chi connectivity index (χ0v) is 39.3. The van der Waals surface area contributed by atoms with Crippen LogP contribution in [-0.2, 0) is 14.3 Å². The molecule has 1 amide bonds. The number of unbranched alkanes of at least 4 members (excludes halogenated alkanes) is 38. The van der Waals surface area contributed by atoms with E-state index in [0.29, 0.717) is 25.9 Å². The minimum absolute atomic E-state index is 0.00998. The summed E-state index contributed by atoms with van der Waals surface area (Å²) in [4.78, 5) is 24.5. The summed E-state index contributed by atoms with van der Waals surface area (Å²) in [5, 5.41) is 23.2. The van der Waals surface area contributed by atoms with E-state index in [-0.39, 0.29) is 18.5 Å². The highest BCUT2D eigenvalue weighted by Crippen LogP contribution is 2.17. The molecule has 0 aromatic rings. The van der Waals surface area contributed by atoms with Gasteiger partial charge in [0.1, 0.15) is 0 Å². The van der Waals surface area contributed by atoms with Crippen LogP contribution < -0.4 is 5.32 Å². The van der Waals surface area contributed by atoms with Gasteiger partial charge in [0, 0.05) is 12.8 Å². The number of rotatable bonds is 49. The summed E-state index contributed by atoms with van der Waals surface area (Å²) in [5.74, 6) is -0.0613. The lowest BCUT2D eigenvalue weighted by atomic mass is 10.0. The molecule has 0 aliphatic carbocycles. The number of amides is 1. The van der Waals surface area contributed by atoms with Gasteiger partial charge in [-0.25, -0.2) is 0 Å². The molecular formula is C52H103NO5. The lowest BCUT2D eigenvalue weighted by Crippen LogP contribution is -2.45. The average Bonchev–Trinajstić information content (AvgIpc) is 3.22. The maximum atomic E-state index is 12.4. The van der Waals surface area contributed by atoms with E-state index >= 15 is 0 Å². The SMILES string of the molecule is CCCCCCCCCCCCCCCCCC(=O)OCCCCCCCCCCCCCC(=O)NC(CO)C(O)CCCCCCCCCCCCCCCCC. The fourth-order valence-corrected chi connectivity index (χ4v) is 8.35. The third-order valence-corrected chi connectivity index (χ3v) is 12.4. The molecule has 0 aliphatic rings. The van der Waals surface area contributed by atoms with E-state index in [1.165, 1.54) is 205 Å². The van der Waals surface area contributed by atoms with Crippen LogP contribution in [0.15, 0.2) is 0 Å². The van der Waals surface area contributed by atoms with Crippen molar-refractivity contribution in [2.45, 2.75) is 309 Å². The van der Waals surface area contributed by atoms with Crippen molar-refractivity contribution >= 4 is 11.9 Å². The first-order valence-corrected chi connectivity index (χ1v) is 26.3.